The fourth-order valence-corrected chi connectivity index (χ4v) is 5.54. The summed E-state index contributed by atoms with van der Waals surface area (Å²) >= 11 is 0. The highest BCUT2D eigenvalue weighted by Crippen LogP contribution is 2.59. The molecule has 0 aromatic heterocycles. The lowest BCUT2D eigenvalue weighted by Gasteiger charge is -2.54. The molecule has 0 aliphatic heterocycles. The average Bonchev–Trinajstić information content (AvgIpc) is 2.46. The molecule has 1 atom stereocenters. The molecule has 3 N–H and O–H groups in total. The number of benzene rings is 1. The normalized spacial score (nSPS) is 40.0. The van der Waals surface area contributed by atoms with Gasteiger partial charge in [-0.3, -0.25) is 0 Å². The molecule has 2 nitrogen and oxygen atoms in total. The van der Waals surface area contributed by atoms with Crippen LogP contribution in [0.5, 0.6) is 0 Å². The predicted octanol–water partition coefficient (Wildman–Crippen LogP) is 3.22. The minimum atomic E-state index is -0.234. The van der Waals surface area contributed by atoms with Crippen molar-refractivity contribution in [2.24, 2.45) is 29.4 Å². The molecule has 5 rings (SSSR count). The van der Waals surface area contributed by atoms with E-state index in [1.807, 2.05) is 0 Å². The van der Waals surface area contributed by atoms with Crippen LogP contribution < -0.4 is 5.73 Å². The molecular formula is C18H25NO. The molecule has 0 saturated heterocycles. The molecule has 2 heteroatoms. The second kappa shape index (κ2) is 4.85. The van der Waals surface area contributed by atoms with Crippen LogP contribution in [0, 0.1) is 23.7 Å². The van der Waals surface area contributed by atoms with Crippen LogP contribution in [0.4, 0.5) is 0 Å². The minimum Gasteiger partial charge on any atom is -0.394 e. The molecule has 0 heterocycles. The summed E-state index contributed by atoms with van der Waals surface area (Å²) in [6.07, 6.45) is 7.39. The van der Waals surface area contributed by atoms with Crippen LogP contribution in [0.25, 0.3) is 0 Å². The summed E-state index contributed by atoms with van der Waals surface area (Å²) in [5.74, 6) is 4.74. The average molecular weight is 271 g/mol. The largest absolute Gasteiger partial charge is 0.394 e. The fraction of sp³-hybridized carbons (Fsp3) is 0.667. The van der Waals surface area contributed by atoms with E-state index in [0.29, 0.717) is 0 Å². The number of aliphatic hydroxyl groups excluding tert-OH is 1. The van der Waals surface area contributed by atoms with E-state index in [2.05, 4.69) is 24.3 Å². The van der Waals surface area contributed by atoms with Gasteiger partial charge in [-0.1, -0.05) is 24.3 Å². The monoisotopic (exact) mass is 271 g/mol. The first-order chi connectivity index (χ1) is 9.74. The maximum atomic E-state index is 9.15. The van der Waals surface area contributed by atoms with Gasteiger partial charge in [-0.25, -0.2) is 0 Å². The molecule has 0 spiro atoms. The predicted molar refractivity (Wildman–Crippen MR) is 80.2 cm³/mol. The molecule has 4 aliphatic rings. The van der Waals surface area contributed by atoms with E-state index in [1.165, 1.54) is 37.7 Å². The quantitative estimate of drug-likeness (QED) is 0.886. The minimum absolute atomic E-state index is 0.0252. The molecule has 4 bridgehead atoms. The van der Waals surface area contributed by atoms with Crippen LogP contribution in [0.15, 0.2) is 24.3 Å². The number of rotatable bonds is 3. The lowest BCUT2D eigenvalue weighted by atomic mass is 9.51. The van der Waals surface area contributed by atoms with Crippen molar-refractivity contribution in [3.63, 3.8) is 0 Å². The lowest BCUT2D eigenvalue weighted by molar-refractivity contribution is -0.00278. The van der Waals surface area contributed by atoms with Crippen LogP contribution >= 0.6 is 0 Å². The van der Waals surface area contributed by atoms with Gasteiger partial charge in [-0.05, 0) is 72.8 Å². The van der Waals surface area contributed by atoms with Crippen molar-refractivity contribution in [1.82, 2.24) is 0 Å². The van der Waals surface area contributed by atoms with Gasteiger partial charge in [0.05, 0.1) is 12.6 Å². The first-order valence-corrected chi connectivity index (χ1v) is 8.21. The van der Waals surface area contributed by atoms with E-state index in [9.17, 15) is 0 Å². The molecule has 1 aromatic carbocycles. The zero-order valence-corrected chi connectivity index (χ0v) is 12.0. The second-order valence-electron chi connectivity index (χ2n) is 7.41. The summed E-state index contributed by atoms with van der Waals surface area (Å²) in [5, 5.41) is 9.15. The van der Waals surface area contributed by atoms with E-state index in [-0.39, 0.29) is 12.6 Å². The molecule has 4 aliphatic carbocycles. The summed E-state index contributed by atoms with van der Waals surface area (Å²) in [4.78, 5) is 0. The van der Waals surface area contributed by atoms with Crippen LogP contribution in [0.2, 0.25) is 0 Å². The fourth-order valence-electron chi connectivity index (χ4n) is 5.54. The van der Waals surface area contributed by atoms with Crippen LogP contribution in [0.3, 0.4) is 0 Å². The van der Waals surface area contributed by atoms with Gasteiger partial charge in [0.2, 0.25) is 0 Å². The highest BCUT2D eigenvalue weighted by atomic mass is 16.3. The zero-order chi connectivity index (χ0) is 13.7. The van der Waals surface area contributed by atoms with E-state index in [4.69, 9.17) is 10.8 Å². The van der Waals surface area contributed by atoms with Crippen LogP contribution in [-0.2, 0) is 0 Å². The SMILES string of the molecule is NC(CO)c1ccc(C2C3CC4CC(C3)CC2C4)cc1. The number of hydrogen-bond donors (Lipinski definition) is 2. The molecule has 4 fully saturated rings. The Kier molecular flexibility index (Phi) is 3.12. The Bertz CT molecular complexity index is 453. The van der Waals surface area contributed by atoms with Gasteiger partial charge in [0.1, 0.15) is 0 Å². The number of hydrogen-bond acceptors (Lipinski definition) is 2. The molecule has 0 radical (unpaired) electrons. The van der Waals surface area contributed by atoms with Crippen molar-refractivity contribution in [2.75, 3.05) is 6.61 Å². The number of nitrogens with two attached hydrogens (primary N) is 1. The first kappa shape index (κ1) is 12.8. The lowest BCUT2D eigenvalue weighted by Crippen LogP contribution is -2.43. The maximum Gasteiger partial charge on any atom is 0.0624 e. The maximum absolute atomic E-state index is 9.15. The standard InChI is InChI=1S/C18H25NO/c19-17(10-20)13-1-3-14(4-2-13)18-15-6-11-5-12(8-15)9-16(18)7-11/h1-4,11-12,15-18,20H,5-10,19H2. The van der Waals surface area contributed by atoms with Crippen molar-refractivity contribution in [1.29, 1.82) is 0 Å². The Morgan fingerprint density at radius 3 is 2.00 bits per heavy atom. The van der Waals surface area contributed by atoms with Gasteiger partial charge in [0.15, 0.2) is 0 Å². The Hall–Kier alpha value is -0.860. The first-order valence-electron chi connectivity index (χ1n) is 8.21. The molecule has 108 valence electrons. The van der Waals surface area contributed by atoms with Gasteiger partial charge in [0.25, 0.3) is 0 Å². The van der Waals surface area contributed by atoms with Crippen LogP contribution in [0.1, 0.15) is 55.2 Å². The topological polar surface area (TPSA) is 46.2 Å². The summed E-state index contributed by atoms with van der Waals surface area (Å²) in [7, 11) is 0. The van der Waals surface area contributed by atoms with Crippen molar-refractivity contribution < 1.29 is 5.11 Å². The summed E-state index contributed by atoms with van der Waals surface area (Å²) in [6, 6.07) is 8.57. The highest BCUT2D eigenvalue weighted by molar-refractivity contribution is 5.29. The Labute approximate surface area is 121 Å². The van der Waals surface area contributed by atoms with E-state index in [1.54, 1.807) is 0 Å². The van der Waals surface area contributed by atoms with Gasteiger partial charge in [0, 0.05) is 0 Å². The van der Waals surface area contributed by atoms with Crippen molar-refractivity contribution >= 4 is 0 Å². The Balaban J connectivity index is 1.58. The van der Waals surface area contributed by atoms with Gasteiger partial charge >= 0.3 is 0 Å². The third-order valence-corrected chi connectivity index (χ3v) is 6.17. The molecule has 20 heavy (non-hydrogen) atoms. The van der Waals surface area contributed by atoms with Crippen LogP contribution in [-0.4, -0.2) is 11.7 Å². The van der Waals surface area contributed by atoms with E-state index < -0.39 is 0 Å². The Morgan fingerprint density at radius 1 is 0.950 bits per heavy atom. The van der Waals surface area contributed by atoms with Crippen molar-refractivity contribution in [3.8, 4) is 0 Å². The summed E-state index contributed by atoms with van der Waals surface area (Å²) < 4.78 is 0. The third-order valence-electron chi connectivity index (χ3n) is 6.17. The molecule has 4 saturated carbocycles. The zero-order valence-electron chi connectivity index (χ0n) is 12.0. The Morgan fingerprint density at radius 2 is 1.50 bits per heavy atom. The van der Waals surface area contributed by atoms with Crippen molar-refractivity contribution in [3.05, 3.63) is 35.4 Å². The van der Waals surface area contributed by atoms with E-state index >= 15 is 0 Å². The van der Waals surface area contributed by atoms with Gasteiger partial charge < -0.3 is 10.8 Å². The second-order valence-corrected chi connectivity index (χ2v) is 7.41. The van der Waals surface area contributed by atoms with Gasteiger partial charge in [-0.2, -0.15) is 0 Å². The third kappa shape index (κ3) is 2.01. The summed E-state index contributed by atoms with van der Waals surface area (Å²) in [6.45, 7) is 0.0252. The summed E-state index contributed by atoms with van der Waals surface area (Å²) in [5.41, 5.74) is 8.47. The molecule has 1 unspecified atom stereocenters. The van der Waals surface area contributed by atoms with E-state index in [0.717, 1.165) is 35.2 Å². The highest BCUT2D eigenvalue weighted by Gasteiger charge is 2.48. The van der Waals surface area contributed by atoms with Crippen molar-refractivity contribution in [2.45, 2.75) is 44.1 Å². The van der Waals surface area contributed by atoms with Gasteiger partial charge in [-0.15, -0.1) is 0 Å². The number of aliphatic hydroxyl groups is 1. The molecular weight excluding hydrogens is 246 g/mol. The molecule has 1 aromatic rings. The molecule has 0 amide bonds. The smallest absolute Gasteiger partial charge is 0.0624 e.